The van der Waals surface area contributed by atoms with Gasteiger partial charge < -0.3 is 5.32 Å². The summed E-state index contributed by atoms with van der Waals surface area (Å²) in [5.74, 6) is -0.702. The first kappa shape index (κ1) is 13.9. The van der Waals surface area contributed by atoms with E-state index in [0.717, 1.165) is 0 Å². The molecule has 20 heavy (non-hydrogen) atoms. The molecule has 0 aromatic heterocycles. The largest absolute Gasteiger partial charge is 0.345 e. The van der Waals surface area contributed by atoms with Crippen molar-refractivity contribution in [3.8, 4) is 0 Å². The second kappa shape index (κ2) is 6.10. The minimum absolute atomic E-state index is 0.343. The van der Waals surface area contributed by atoms with Crippen LogP contribution in [0, 0.1) is 5.82 Å². The lowest BCUT2D eigenvalue weighted by molar-refractivity contribution is 0.0939. The van der Waals surface area contributed by atoms with Crippen molar-refractivity contribution < 1.29 is 14.0 Å². The average Bonchev–Trinajstić information content (AvgIpc) is 2.47. The first-order chi connectivity index (χ1) is 9.61. The van der Waals surface area contributed by atoms with Crippen LogP contribution >= 0.6 is 0 Å². The van der Waals surface area contributed by atoms with E-state index in [9.17, 15) is 14.0 Å². The third kappa shape index (κ3) is 3.09. The highest BCUT2D eigenvalue weighted by atomic mass is 19.1. The first-order valence-electron chi connectivity index (χ1n) is 6.22. The molecule has 0 aliphatic rings. The molecule has 1 atom stereocenters. The molecule has 1 unspecified atom stereocenters. The van der Waals surface area contributed by atoms with Crippen molar-refractivity contribution in [2.45, 2.75) is 13.0 Å². The maximum absolute atomic E-state index is 13.6. The van der Waals surface area contributed by atoms with E-state index >= 15 is 0 Å². The van der Waals surface area contributed by atoms with Gasteiger partial charge in [-0.25, -0.2) is 4.39 Å². The molecule has 2 aromatic rings. The van der Waals surface area contributed by atoms with Gasteiger partial charge in [-0.3, -0.25) is 9.59 Å². The van der Waals surface area contributed by atoms with Gasteiger partial charge in [0.15, 0.2) is 0 Å². The van der Waals surface area contributed by atoms with Gasteiger partial charge in [0, 0.05) is 16.7 Å². The van der Waals surface area contributed by atoms with Crippen LogP contribution in [0.2, 0.25) is 0 Å². The molecule has 0 bridgehead atoms. The van der Waals surface area contributed by atoms with Crippen molar-refractivity contribution in [1.82, 2.24) is 5.32 Å². The summed E-state index contributed by atoms with van der Waals surface area (Å²) in [6.45, 7) is 1.71. The van der Waals surface area contributed by atoms with Gasteiger partial charge in [-0.05, 0) is 25.1 Å². The lowest BCUT2D eigenvalue weighted by atomic mass is 10.1. The summed E-state index contributed by atoms with van der Waals surface area (Å²) in [6, 6.07) is 12.2. The molecule has 2 aromatic carbocycles. The fourth-order valence-electron chi connectivity index (χ4n) is 1.94. The van der Waals surface area contributed by atoms with Gasteiger partial charge in [0.1, 0.15) is 12.1 Å². The molecule has 2 rings (SSSR count). The quantitative estimate of drug-likeness (QED) is 0.868. The number of halogens is 1. The van der Waals surface area contributed by atoms with Crippen LogP contribution in [0.1, 0.15) is 39.2 Å². The fourth-order valence-corrected chi connectivity index (χ4v) is 1.94. The Morgan fingerprint density at radius 2 is 1.95 bits per heavy atom. The highest BCUT2D eigenvalue weighted by Gasteiger charge is 2.14. The fraction of sp³-hybridized carbons (Fsp3) is 0.125. The highest BCUT2D eigenvalue weighted by molar-refractivity contribution is 5.95. The molecule has 0 saturated carbocycles. The molecular weight excluding hydrogens is 257 g/mol. The summed E-state index contributed by atoms with van der Waals surface area (Å²) < 4.78 is 13.6. The van der Waals surface area contributed by atoms with E-state index in [1.54, 1.807) is 43.3 Å². The molecule has 0 radical (unpaired) electrons. The smallest absolute Gasteiger partial charge is 0.251 e. The summed E-state index contributed by atoms with van der Waals surface area (Å²) >= 11 is 0. The average molecular weight is 271 g/mol. The standard InChI is InChI=1S/C16H14FNO2/c1-11(14-7-2-3-8-15(14)17)18-16(20)13-6-4-5-12(9-13)10-19/h2-11H,1H3,(H,18,20). The van der Waals surface area contributed by atoms with Crippen molar-refractivity contribution in [2.75, 3.05) is 0 Å². The van der Waals surface area contributed by atoms with Gasteiger partial charge in [0.05, 0.1) is 6.04 Å². The molecule has 1 amide bonds. The Bertz CT molecular complexity index is 640. The minimum atomic E-state index is -0.455. The second-order valence-corrected chi connectivity index (χ2v) is 4.46. The van der Waals surface area contributed by atoms with Crippen molar-refractivity contribution in [1.29, 1.82) is 0 Å². The molecule has 0 fully saturated rings. The summed E-state index contributed by atoms with van der Waals surface area (Å²) in [6.07, 6.45) is 0.678. The Hall–Kier alpha value is -2.49. The van der Waals surface area contributed by atoms with E-state index in [2.05, 4.69) is 5.32 Å². The number of amides is 1. The van der Waals surface area contributed by atoms with Crippen molar-refractivity contribution >= 4 is 12.2 Å². The number of nitrogens with one attached hydrogen (secondary N) is 1. The zero-order chi connectivity index (χ0) is 14.5. The molecule has 102 valence electrons. The predicted molar refractivity (Wildman–Crippen MR) is 74.1 cm³/mol. The van der Waals surface area contributed by atoms with E-state index in [1.807, 2.05) is 0 Å². The summed E-state index contributed by atoms with van der Waals surface area (Å²) in [7, 11) is 0. The summed E-state index contributed by atoms with van der Waals surface area (Å²) in [4.78, 5) is 22.7. The topological polar surface area (TPSA) is 46.2 Å². The molecule has 0 saturated heterocycles. The first-order valence-corrected chi connectivity index (χ1v) is 6.22. The molecule has 0 aliphatic heterocycles. The molecule has 3 nitrogen and oxygen atoms in total. The highest BCUT2D eigenvalue weighted by Crippen LogP contribution is 2.16. The molecular formula is C16H14FNO2. The van der Waals surface area contributed by atoms with E-state index in [1.165, 1.54) is 12.1 Å². The number of benzene rings is 2. The molecule has 0 heterocycles. The Labute approximate surface area is 116 Å². The van der Waals surface area contributed by atoms with Crippen molar-refractivity contribution in [3.05, 3.63) is 71.0 Å². The number of hydrogen-bond donors (Lipinski definition) is 1. The van der Waals surface area contributed by atoms with Crippen LogP contribution in [0.4, 0.5) is 4.39 Å². The number of carbonyl (C=O) groups is 2. The van der Waals surface area contributed by atoms with Crippen LogP contribution in [0.3, 0.4) is 0 Å². The zero-order valence-corrected chi connectivity index (χ0v) is 11.0. The third-order valence-electron chi connectivity index (χ3n) is 3.00. The van der Waals surface area contributed by atoms with Gasteiger partial charge in [0.25, 0.3) is 5.91 Å². The number of carbonyl (C=O) groups excluding carboxylic acids is 2. The number of aldehydes is 1. The SMILES string of the molecule is CC(NC(=O)c1cccc(C=O)c1)c1ccccc1F. The Balaban J connectivity index is 2.15. The van der Waals surface area contributed by atoms with E-state index in [4.69, 9.17) is 0 Å². The van der Waals surface area contributed by atoms with Gasteiger partial charge in [-0.2, -0.15) is 0 Å². The maximum Gasteiger partial charge on any atom is 0.251 e. The minimum Gasteiger partial charge on any atom is -0.345 e. The molecule has 1 N–H and O–H groups in total. The van der Waals surface area contributed by atoms with Crippen molar-refractivity contribution in [2.24, 2.45) is 0 Å². The number of rotatable bonds is 4. The Kier molecular flexibility index (Phi) is 4.25. The predicted octanol–water partition coefficient (Wildman–Crippen LogP) is 3.13. The van der Waals surface area contributed by atoms with E-state index in [0.29, 0.717) is 23.0 Å². The van der Waals surface area contributed by atoms with Gasteiger partial charge >= 0.3 is 0 Å². The third-order valence-corrected chi connectivity index (χ3v) is 3.00. The monoisotopic (exact) mass is 271 g/mol. The van der Waals surface area contributed by atoms with Crippen LogP contribution < -0.4 is 5.32 Å². The van der Waals surface area contributed by atoms with Gasteiger partial charge in [-0.15, -0.1) is 0 Å². The van der Waals surface area contributed by atoms with Gasteiger partial charge in [-0.1, -0.05) is 30.3 Å². The molecule has 4 heteroatoms. The second-order valence-electron chi connectivity index (χ2n) is 4.46. The van der Waals surface area contributed by atoms with Crippen LogP contribution in [-0.4, -0.2) is 12.2 Å². The van der Waals surface area contributed by atoms with Crippen LogP contribution in [0.25, 0.3) is 0 Å². The maximum atomic E-state index is 13.6. The van der Waals surface area contributed by atoms with Crippen LogP contribution in [0.5, 0.6) is 0 Å². The van der Waals surface area contributed by atoms with Crippen molar-refractivity contribution in [3.63, 3.8) is 0 Å². The number of hydrogen-bond acceptors (Lipinski definition) is 2. The van der Waals surface area contributed by atoms with E-state index in [-0.39, 0.29) is 11.7 Å². The normalized spacial score (nSPS) is 11.7. The molecule has 0 spiro atoms. The summed E-state index contributed by atoms with van der Waals surface area (Å²) in [5.41, 5.74) is 1.22. The lowest BCUT2D eigenvalue weighted by Crippen LogP contribution is -2.27. The summed E-state index contributed by atoms with van der Waals surface area (Å²) in [5, 5.41) is 2.71. The lowest BCUT2D eigenvalue weighted by Gasteiger charge is -2.15. The van der Waals surface area contributed by atoms with Crippen LogP contribution in [-0.2, 0) is 0 Å². The Morgan fingerprint density at radius 3 is 2.65 bits per heavy atom. The van der Waals surface area contributed by atoms with Crippen LogP contribution in [0.15, 0.2) is 48.5 Å². The van der Waals surface area contributed by atoms with E-state index < -0.39 is 6.04 Å². The Morgan fingerprint density at radius 1 is 1.20 bits per heavy atom. The molecule has 0 aliphatic carbocycles. The van der Waals surface area contributed by atoms with Gasteiger partial charge in [0.2, 0.25) is 0 Å². The zero-order valence-electron chi connectivity index (χ0n) is 11.0.